The molecule has 172 valence electrons. The molecule has 0 aromatic heterocycles. The summed E-state index contributed by atoms with van der Waals surface area (Å²) in [4.78, 5) is 53.5. The van der Waals surface area contributed by atoms with Crippen LogP contribution in [0.5, 0.6) is 0 Å². The highest BCUT2D eigenvalue weighted by Crippen LogP contribution is 2.44. The van der Waals surface area contributed by atoms with Crippen molar-refractivity contribution in [1.82, 2.24) is 4.90 Å². The summed E-state index contributed by atoms with van der Waals surface area (Å²) in [6, 6.07) is 12.6. The molecule has 0 aliphatic carbocycles. The minimum atomic E-state index is -0.728. The number of benzene rings is 2. The molecule has 4 rings (SSSR count). The Morgan fingerprint density at radius 3 is 2.58 bits per heavy atom. The fourth-order valence-electron chi connectivity index (χ4n) is 4.71. The average molecular weight is 449 g/mol. The maximum Gasteiger partial charge on any atom is 0.257 e. The first kappa shape index (κ1) is 22.5. The van der Waals surface area contributed by atoms with Crippen LogP contribution in [0.15, 0.2) is 42.5 Å². The maximum absolute atomic E-state index is 13.3. The van der Waals surface area contributed by atoms with Crippen LogP contribution in [0.1, 0.15) is 55.5 Å². The Morgan fingerprint density at radius 1 is 1.06 bits per heavy atom. The smallest absolute Gasteiger partial charge is 0.257 e. The van der Waals surface area contributed by atoms with Crippen molar-refractivity contribution in [2.45, 2.75) is 52.1 Å². The van der Waals surface area contributed by atoms with E-state index in [-0.39, 0.29) is 30.0 Å². The molecule has 2 aromatic carbocycles. The third-order valence-corrected chi connectivity index (χ3v) is 6.29. The molecule has 2 aromatic rings. The number of nitrogens with one attached hydrogen (secondary N) is 2. The highest BCUT2D eigenvalue weighted by atomic mass is 16.2. The second-order valence-electron chi connectivity index (χ2n) is 8.80. The molecule has 0 saturated carbocycles. The van der Waals surface area contributed by atoms with Crippen LogP contribution in [0, 0.1) is 6.92 Å². The molecule has 0 spiro atoms. The molecule has 1 saturated heterocycles. The van der Waals surface area contributed by atoms with Crippen molar-refractivity contribution in [2.24, 2.45) is 0 Å². The van der Waals surface area contributed by atoms with Gasteiger partial charge in [-0.15, -0.1) is 0 Å². The predicted molar refractivity (Wildman–Crippen MR) is 126 cm³/mol. The van der Waals surface area contributed by atoms with Crippen molar-refractivity contribution in [3.8, 4) is 0 Å². The summed E-state index contributed by atoms with van der Waals surface area (Å²) in [5.41, 5.74) is 2.47. The lowest BCUT2D eigenvalue weighted by Crippen LogP contribution is -2.62. The minimum Gasteiger partial charge on any atom is -0.325 e. The van der Waals surface area contributed by atoms with Crippen molar-refractivity contribution in [2.75, 3.05) is 22.1 Å². The summed E-state index contributed by atoms with van der Waals surface area (Å²) < 4.78 is 0. The van der Waals surface area contributed by atoms with Crippen LogP contribution in [0.2, 0.25) is 0 Å². The molecular formula is C25H28N4O4. The number of nitrogens with zero attached hydrogens (tertiary/aromatic N) is 2. The summed E-state index contributed by atoms with van der Waals surface area (Å²) in [6.07, 6.45) is 1.58. The van der Waals surface area contributed by atoms with E-state index in [9.17, 15) is 19.2 Å². The zero-order chi connectivity index (χ0) is 23.8. The van der Waals surface area contributed by atoms with E-state index >= 15 is 0 Å². The van der Waals surface area contributed by atoms with Gasteiger partial charge >= 0.3 is 0 Å². The van der Waals surface area contributed by atoms with Crippen molar-refractivity contribution in [3.63, 3.8) is 0 Å². The molecule has 0 radical (unpaired) electrons. The van der Waals surface area contributed by atoms with E-state index in [1.165, 1.54) is 6.92 Å². The number of anilines is 3. The monoisotopic (exact) mass is 448 g/mol. The van der Waals surface area contributed by atoms with Crippen LogP contribution >= 0.6 is 0 Å². The number of aryl methyl sites for hydroxylation is 1. The molecule has 1 atom stereocenters. The Kier molecular flexibility index (Phi) is 5.93. The molecule has 8 nitrogen and oxygen atoms in total. The SMILES string of the molecule is CC(=O)Nc1ccc(C)cc1NC(=O)CCCN1C(=O)c2ccccc2N2C(=O)CCC12C. The molecular weight excluding hydrogens is 420 g/mol. The number of fused-ring (bicyclic) bond motifs is 3. The summed E-state index contributed by atoms with van der Waals surface area (Å²) in [5, 5.41) is 5.58. The summed E-state index contributed by atoms with van der Waals surface area (Å²) in [6.45, 7) is 5.59. The van der Waals surface area contributed by atoms with E-state index in [0.717, 1.165) is 5.56 Å². The fourth-order valence-corrected chi connectivity index (χ4v) is 4.71. The van der Waals surface area contributed by atoms with Crippen molar-refractivity contribution in [3.05, 3.63) is 53.6 Å². The third-order valence-electron chi connectivity index (χ3n) is 6.29. The van der Waals surface area contributed by atoms with E-state index in [0.29, 0.717) is 48.4 Å². The molecule has 33 heavy (non-hydrogen) atoms. The number of carbonyl (C=O) groups is 4. The van der Waals surface area contributed by atoms with Crippen molar-refractivity contribution < 1.29 is 19.2 Å². The van der Waals surface area contributed by atoms with Gasteiger partial charge < -0.3 is 15.5 Å². The molecule has 2 aliphatic heterocycles. The summed E-state index contributed by atoms with van der Waals surface area (Å²) in [7, 11) is 0. The number of hydrogen-bond donors (Lipinski definition) is 2. The van der Waals surface area contributed by atoms with E-state index in [1.807, 2.05) is 32.0 Å². The first-order chi connectivity index (χ1) is 15.7. The number of para-hydroxylation sites is 1. The Balaban J connectivity index is 1.45. The van der Waals surface area contributed by atoms with E-state index in [1.54, 1.807) is 34.1 Å². The van der Waals surface area contributed by atoms with E-state index in [2.05, 4.69) is 10.6 Å². The van der Waals surface area contributed by atoms with Gasteiger partial charge in [-0.05, 0) is 56.5 Å². The zero-order valence-electron chi connectivity index (χ0n) is 19.1. The lowest BCUT2D eigenvalue weighted by Gasteiger charge is -2.48. The van der Waals surface area contributed by atoms with Gasteiger partial charge in [0, 0.05) is 26.3 Å². The highest BCUT2D eigenvalue weighted by Gasteiger charge is 2.52. The third kappa shape index (κ3) is 4.20. The standard InChI is InChI=1S/C25H28N4O4/c1-16-10-11-19(26-17(2)30)20(15-16)27-22(31)9-6-14-28-24(33)18-7-4-5-8-21(18)29-23(32)12-13-25(28,29)3/h4-5,7-8,10-11,15H,6,9,12-14H2,1-3H3,(H,26,30)(H,27,31). The topological polar surface area (TPSA) is 98.8 Å². The van der Waals surface area contributed by atoms with Crippen LogP contribution in [0.4, 0.5) is 17.1 Å². The zero-order valence-corrected chi connectivity index (χ0v) is 19.1. The Labute approximate surface area is 192 Å². The van der Waals surface area contributed by atoms with Gasteiger partial charge in [-0.3, -0.25) is 24.1 Å². The molecule has 2 N–H and O–H groups in total. The Bertz CT molecular complexity index is 1140. The summed E-state index contributed by atoms with van der Waals surface area (Å²) in [5.74, 6) is -0.542. The summed E-state index contributed by atoms with van der Waals surface area (Å²) >= 11 is 0. The predicted octanol–water partition coefficient (Wildman–Crippen LogP) is 3.67. The lowest BCUT2D eigenvalue weighted by atomic mass is 9.98. The van der Waals surface area contributed by atoms with Gasteiger partial charge in [0.15, 0.2) is 0 Å². The van der Waals surface area contributed by atoms with Crippen LogP contribution in [-0.2, 0) is 14.4 Å². The molecule has 1 fully saturated rings. The van der Waals surface area contributed by atoms with Gasteiger partial charge in [0.1, 0.15) is 5.66 Å². The second-order valence-corrected chi connectivity index (χ2v) is 8.80. The van der Waals surface area contributed by atoms with Crippen LogP contribution < -0.4 is 15.5 Å². The van der Waals surface area contributed by atoms with Crippen molar-refractivity contribution >= 4 is 40.7 Å². The number of hydrogen-bond acceptors (Lipinski definition) is 4. The van der Waals surface area contributed by atoms with E-state index < -0.39 is 5.66 Å². The second kappa shape index (κ2) is 8.69. The maximum atomic E-state index is 13.3. The number of amides is 4. The van der Waals surface area contributed by atoms with Crippen LogP contribution in [0.25, 0.3) is 0 Å². The molecule has 0 bridgehead atoms. The largest absolute Gasteiger partial charge is 0.325 e. The first-order valence-corrected chi connectivity index (χ1v) is 11.1. The minimum absolute atomic E-state index is 0.00476. The van der Waals surface area contributed by atoms with Gasteiger partial charge in [-0.1, -0.05) is 18.2 Å². The van der Waals surface area contributed by atoms with Gasteiger partial charge in [0.05, 0.1) is 22.6 Å². The van der Waals surface area contributed by atoms with Gasteiger partial charge in [-0.25, -0.2) is 0 Å². The Hall–Kier alpha value is -3.68. The van der Waals surface area contributed by atoms with Gasteiger partial charge in [0.25, 0.3) is 5.91 Å². The lowest BCUT2D eigenvalue weighted by molar-refractivity contribution is -0.118. The molecule has 2 heterocycles. The Morgan fingerprint density at radius 2 is 1.82 bits per heavy atom. The number of carbonyl (C=O) groups excluding carboxylic acids is 4. The average Bonchev–Trinajstić information content (AvgIpc) is 3.07. The molecule has 4 amide bonds. The fraction of sp³-hybridized carbons (Fsp3) is 0.360. The van der Waals surface area contributed by atoms with E-state index in [4.69, 9.17) is 0 Å². The van der Waals surface area contributed by atoms with Crippen molar-refractivity contribution in [1.29, 1.82) is 0 Å². The molecule has 2 aliphatic rings. The quantitative estimate of drug-likeness (QED) is 0.704. The van der Waals surface area contributed by atoms with Crippen LogP contribution in [-0.4, -0.2) is 40.7 Å². The number of rotatable bonds is 6. The van der Waals surface area contributed by atoms with Gasteiger partial charge in [0.2, 0.25) is 17.7 Å². The molecule has 1 unspecified atom stereocenters. The highest BCUT2D eigenvalue weighted by molar-refractivity contribution is 6.10. The first-order valence-electron chi connectivity index (χ1n) is 11.1. The van der Waals surface area contributed by atoms with Gasteiger partial charge in [-0.2, -0.15) is 0 Å². The normalized spacial score (nSPS) is 19.2. The van der Waals surface area contributed by atoms with Crippen LogP contribution in [0.3, 0.4) is 0 Å². The molecule has 8 heteroatoms.